The minimum absolute atomic E-state index is 0.860. The third-order valence-electron chi connectivity index (χ3n) is 11.2. The zero-order valence-corrected chi connectivity index (χ0v) is 32.0. The molecule has 0 aromatic carbocycles. The summed E-state index contributed by atoms with van der Waals surface area (Å²) in [5, 5.41) is 0. The molecule has 0 rings (SSSR count). The first-order valence-corrected chi connectivity index (χ1v) is 20.8. The molecule has 5 atom stereocenters. The molecular formula is C43H88. The molecule has 0 aliphatic carbocycles. The second kappa shape index (κ2) is 32.0. The molecule has 0 radical (unpaired) electrons. The van der Waals surface area contributed by atoms with Crippen LogP contribution in [0.4, 0.5) is 0 Å². The zero-order valence-electron chi connectivity index (χ0n) is 32.0. The van der Waals surface area contributed by atoms with Crippen molar-refractivity contribution in [2.24, 2.45) is 35.5 Å². The molecule has 0 N–H and O–H groups in total. The van der Waals surface area contributed by atoms with Gasteiger partial charge in [0, 0.05) is 0 Å². The minimum atomic E-state index is 0.860. The summed E-state index contributed by atoms with van der Waals surface area (Å²) in [6.07, 6.45) is 42.4. The highest BCUT2D eigenvalue weighted by Crippen LogP contribution is 2.32. The van der Waals surface area contributed by atoms with Crippen molar-refractivity contribution in [3.05, 3.63) is 0 Å². The maximum atomic E-state index is 2.55. The maximum Gasteiger partial charge on any atom is -0.0388 e. The van der Waals surface area contributed by atoms with Gasteiger partial charge in [-0.3, -0.25) is 0 Å². The van der Waals surface area contributed by atoms with Crippen LogP contribution >= 0.6 is 0 Å². The Labute approximate surface area is 276 Å². The molecule has 0 aliphatic rings. The Kier molecular flexibility index (Phi) is 32.0. The predicted octanol–water partition coefficient (Wildman–Crippen LogP) is 16.2. The molecule has 0 aromatic rings. The van der Waals surface area contributed by atoms with Crippen LogP contribution in [0.1, 0.15) is 242 Å². The van der Waals surface area contributed by atoms with Crippen LogP contribution in [-0.4, -0.2) is 0 Å². The summed E-state index contributed by atoms with van der Waals surface area (Å²) in [4.78, 5) is 0. The van der Waals surface area contributed by atoms with E-state index in [9.17, 15) is 0 Å². The molecule has 0 spiro atoms. The van der Waals surface area contributed by atoms with Crippen molar-refractivity contribution >= 4 is 0 Å². The zero-order chi connectivity index (χ0) is 32.0. The van der Waals surface area contributed by atoms with Gasteiger partial charge < -0.3 is 0 Å². The third-order valence-corrected chi connectivity index (χ3v) is 11.2. The number of hydrogen-bond acceptors (Lipinski definition) is 0. The summed E-state index contributed by atoms with van der Waals surface area (Å²) < 4.78 is 0. The quantitative estimate of drug-likeness (QED) is 0.0641. The first-order valence-electron chi connectivity index (χ1n) is 20.8. The highest BCUT2D eigenvalue weighted by Gasteiger charge is 2.19. The van der Waals surface area contributed by atoms with Gasteiger partial charge in [-0.15, -0.1) is 0 Å². The molecule has 0 aromatic heterocycles. The van der Waals surface area contributed by atoms with Crippen LogP contribution in [0.3, 0.4) is 0 Å². The van der Waals surface area contributed by atoms with E-state index in [0.717, 1.165) is 35.5 Å². The van der Waals surface area contributed by atoms with Gasteiger partial charge in [-0.05, 0) is 41.9 Å². The smallest absolute Gasteiger partial charge is 0.0388 e. The second-order valence-corrected chi connectivity index (χ2v) is 16.2. The van der Waals surface area contributed by atoms with Gasteiger partial charge in [0.15, 0.2) is 0 Å². The lowest BCUT2D eigenvalue weighted by Gasteiger charge is -2.26. The molecule has 0 saturated heterocycles. The van der Waals surface area contributed by atoms with E-state index in [2.05, 4.69) is 55.4 Å². The standard InChI is InChI=1S/C43H88/c1-9-12-14-16-17-18-19-20-21-22-23-24-28-39(6)29-26-27-30-42(35-34-40(7)33-32-38(4)5)36-37-43(41(8)11-3)31-25-15-13-10-2/h38-43H,9-37H2,1-8H3. The Bertz CT molecular complexity index is 520. The van der Waals surface area contributed by atoms with E-state index >= 15 is 0 Å². The average molecular weight is 605 g/mol. The minimum Gasteiger partial charge on any atom is -0.0654 e. The Morgan fingerprint density at radius 1 is 0.326 bits per heavy atom. The van der Waals surface area contributed by atoms with Crippen molar-refractivity contribution in [3.63, 3.8) is 0 Å². The Balaban J connectivity index is 4.32. The fourth-order valence-electron chi connectivity index (χ4n) is 7.45. The summed E-state index contributed by atoms with van der Waals surface area (Å²) in [5.41, 5.74) is 0. The lowest BCUT2D eigenvalue weighted by Crippen LogP contribution is -2.14. The van der Waals surface area contributed by atoms with Gasteiger partial charge in [-0.25, -0.2) is 0 Å². The normalized spacial score (nSPS) is 15.6. The fourth-order valence-corrected chi connectivity index (χ4v) is 7.45. The Hall–Kier alpha value is 0. The third kappa shape index (κ3) is 29.2. The van der Waals surface area contributed by atoms with Crippen LogP contribution < -0.4 is 0 Å². The monoisotopic (exact) mass is 605 g/mol. The van der Waals surface area contributed by atoms with E-state index in [0.29, 0.717) is 0 Å². The van der Waals surface area contributed by atoms with E-state index in [4.69, 9.17) is 0 Å². The van der Waals surface area contributed by atoms with Crippen LogP contribution in [0.5, 0.6) is 0 Å². The summed E-state index contributed by atoms with van der Waals surface area (Å²) in [5.74, 6) is 5.58. The van der Waals surface area contributed by atoms with Gasteiger partial charge >= 0.3 is 0 Å². The molecule has 0 nitrogen and oxygen atoms in total. The molecule has 43 heavy (non-hydrogen) atoms. The highest BCUT2D eigenvalue weighted by atomic mass is 14.2. The van der Waals surface area contributed by atoms with Crippen LogP contribution in [0, 0.1) is 35.5 Å². The molecule has 260 valence electrons. The van der Waals surface area contributed by atoms with Crippen molar-refractivity contribution in [1.82, 2.24) is 0 Å². The number of unbranched alkanes of at least 4 members (excludes halogenated alkanes) is 15. The Morgan fingerprint density at radius 3 is 1.26 bits per heavy atom. The molecule has 0 heterocycles. The average Bonchev–Trinajstić information content (AvgIpc) is 2.99. The van der Waals surface area contributed by atoms with E-state index in [1.165, 1.54) is 186 Å². The van der Waals surface area contributed by atoms with Crippen molar-refractivity contribution < 1.29 is 0 Å². The van der Waals surface area contributed by atoms with Gasteiger partial charge in [0.1, 0.15) is 0 Å². The molecule has 0 saturated carbocycles. The Morgan fingerprint density at radius 2 is 0.721 bits per heavy atom. The van der Waals surface area contributed by atoms with Crippen molar-refractivity contribution in [2.45, 2.75) is 242 Å². The van der Waals surface area contributed by atoms with E-state index in [-0.39, 0.29) is 0 Å². The maximum absolute atomic E-state index is 2.55. The molecular weight excluding hydrogens is 516 g/mol. The largest absolute Gasteiger partial charge is 0.0654 e. The van der Waals surface area contributed by atoms with E-state index < -0.39 is 0 Å². The lowest BCUT2D eigenvalue weighted by atomic mass is 9.79. The van der Waals surface area contributed by atoms with Crippen LogP contribution in [0.25, 0.3) is 0 Å². The first-order chi connectivity index (χ1) is 20.8. The first kappa shape index (κ1) is 43.0. The lowest BCUT2D eigenvalue weighted by molar-refractivity contribution is 0.253. The summed E-state index contributed by atoms with van der Waals surface area (Å²) in [6.45, 7) is 19.5. The van der Waals surface area contributed by atoms with Gasteiger partial charge in [0.2, 0.25) is 0 Å². The van der Waals surface area contributed by atoms with Crippen molar-refractivity contribution in [3.8, 4) is 0 Å². The molecule has 0 amide bonds. The molecule has 0 heteroatoms. The number of rotatable bonds is 34. The van der Waals surface area contributed by atoms with Gasteiger partial charge in [-0.1, -0.05) is 235 Å². The molecule has 0 bridgehead atoms. The van der Waals surface area contributed by atoms with Gasteiger partial charge in [0.25, 0.3) is 0 Å². The van der Waals surface area contributed by atoms with Crippen LogP contribution in [0.2, 0.25) is 0 Å². The SMILES string of the molecule is CCCCCCCCCCCCCCC(C)CCCCC(CCC(C)CCC(C)C)CCC(CCCCCC)C(C)CC. The molecule has 0 fully saturated rings. The topological polar surface area (TPSA) is 0 Å². The van der Waals surface area contributed by atoms with Crippen molar-refractivity contribution in [1.29, 1.82) is 0 Å². The van der Waals surface area contributed by atoms with Gasteiger partial charge in [0.05, 0.1) is 0 Å². The summed E-state index contributed by atoms with van der Waals surface area (Å²) in [7, 11) is 0. The molecule has 0 aliphatic heterocycles. The number of hydrogen-bond donors (Lipinski definition) is 0. The predicted molar refractivity (Wildman–Crippen MR) is 200 cm³/mol. The molecule has 5 unspecified atom stereocenters. The second-order valence-electron chi connectivity index (χ2n) is 16.2. The van der Waals surface area contributed by atoms with Crippen LogP contribution in [-0.2, 0) is 0 Å². The van der Waals surface area contributed by atoms with Gasteiger partial charge in [-0.2, -0.15) is 0 Å². The highest BCUT2D eigenvalue weighted by molar-refractivity contribution is 4.71. The van der Waals surface area contributed by atoms with E-state index in [1.54, 1.807) is 0 Å². The fraction of sp³-hybridized carbons (Fsp3) is 1.00. The van der Waals surface area contributed by atoms with Crippen LogP contribution in [0.15, 0.2) is 0 Å². The van der Waals surface area contributed by atoms with Crippen molar-refractivity contribution in [2.75, 3.05) is 0 Å². The summed E-state index contributed by atoms with van der Waals surface area (Å²) >= 11 is 0. The summed E-state index contributed by atoms with van der Waals surface area (Å²) in [6, 6.07) is 0. The van der Waals surface area contributed by atoms with E-state index in [1.807, 2.05) is 0 Å².